The van der Waals surface area contributed by atoms with Crippen LogP contribution in [0.2, 0.25) is 5.02 Å². The lowest BCUT2D eigenvalue weighted by Crippen LogP contribution is -2.11. The monoisotopic (exact) mass is 287 g/mol. The van der Waals surface area contributed by atoms with Crippen LogP contribution in [0.25, 0.3) is 0 Å². The number of anilines is 1. The molecule has 0 saturated carbocycles. The first-order valence-corrected chi connectivity index (χ1v) is 6.58. The van der Waals surface area contributed by atoms with Gasteiger partial charge in [-0.1, -0.05) is 42.0 Å². The topological polar surface area (TPSA) is 37.3 Å². The molecule has 2 heterocycles. The molecule has 1 aliphatic heterocycles. The molecule has 94 valence electrons. The summed E-state index contributed by atoms with van der Waals surface area (Å²) in [6.45, 7) is 0.449. The number of halogens is 1. The number of hydrogen-bond acceptors (Lipinski definition) is 3. The van der Waals surface area contributed by atoms with E-state index in [0.717, 1.165) is 22.5 Å². The summed E-state index contributed by atoms with van der Waals surface area (Å²) in [5.74, 6) is 0. The minimum absolute atomic E-state index is 0.449. The maximum atomic E-state index is 6.26. The molecule has 0 radical (unpaired) electrons. The van der Waals surface area contributed by atoms with Crippen molar-refractivity contribution < 1.29 is 0 Å². The smallest absolute Gasteiger partial charge is 0.102 e. The van der Waals surface area contributed by atoms with Gasteiger partial charge < -0.3 is 5.32 Å². The minimum atomic E-state index is 0.449. The van der Waals surface area contributed by atoms with Crippen molar-refractivity contribution in [3.8, 4) is 0 Å². The van der Waals surface area contributed by atoms with Gasteiger partial charge in [-0.2, -0.15) is 0 Å². The number of pyridine rings is 1. The average Bonchev–Trinajstić information content (AvgIpc) is 2.58. The van der Waals surface area contributed by atoms with Crippen molar-refractivity contribution in [3.05, 3.63) is 58.9 Å². The van der Waals surface area contributed by atoms with Crippen molar-refractivity contribution in [2.75, 3.05) is 11.9 Å². The van der Waals surface area contributed by atoms with Gasteiger partial charge >= 0.3 is 0 Å². The molecule has 1 aromatic carbocycles. The first-order chi connectivity index (χ1) is 9.25. The highest BCUT2D eigenvalue weighted by atomic mass is 35.5. The van der Waals surface area contributed by atoms with Gasteiger partial charge in [0.25, 0.3) is 0 Å². The summed E-state index contributed by atoms with van der Waals surface area (Å²) in [5.41, 5.74) is 3.57. The van der Waals surface area contributed by atoms with E-state index in [1.807, 2.05) is 30.3 Å². The number of thiocarbonyl (C=S) groups is 1. The van der Waals surface area contributed by atoms with Crippen LogP contribution in [0.15, 0.2) is 47.7 Å². The summed E-state index contributed by atoms with van der Waals surface area (Å²) in [6, 6.07) is 9.58. The lowest BCUT2D eigenvalue weighted by Gasteiger charge is -2.10. The third-order valence-corrected chi connectivity index (χ3v) is 3.42. The molecule has 5 heteroatoms. The first-order valence-electron chi connectivity index (χ1n) is 5.79. The Balaban J connectivity index is 2.21. The second-order valence-corrected chi connectivity index (χ2v) is 5.01. The molecule has 1 aliphatic rings. The van der Waals surface area contributed by atoms with Gasteiger partial charge in [-0.25, -0.2) is 0 Å². The van der Waals surface area contributed by atoms with Crippen LogP contribution in [-0.4, -0.2) is 22.2 Å². The fraction of sp³-hybridized carbons (Fsp3) is 0.0714. The van der Waals surface area contributed by atoms with Gasteiger partial charge in [0.15, 0.2) is 0 Å². The second kappa shape index (κ2) is 5.07. The van der Waals surface area contributed by atoms with Crippen LogP contribution in [0.3, 0.4) is 0 Å². The molecule has 19 heavy (non-hydrogen) atoms. The Morgan fingerprint density at radius 3 is 2.84 bits per heavy atom. The van der Waals surface area contributed by atoms with Crippen molar-refractivity contribution in [1.29, 1.82) is 0 Å². The van der Waals surface area contributed by atoms with Gasteiger partial charge in [0, 0.05) is 22.3 Å². The van der Waals surface area contributed by atoms with Gasteiger partial charge in [-0.3, -0.25) is 9.98 Å². The van der Waals surface area contributed by atoms with Gasteiger partial charge in [-0.15, -0.1) is 0 Å². The van der Waals surface area contributed by atoms with Crippen molar-refractivity contribution >= 4 is 40.2 Å². The zero-order chi connectivity index (χ0) is 13.2. The van der Waals surface area contributed by atoms with Crippen molar-refractivity contribution in [1.82, 2.24) is 4.98 Å². The number of aliphatic imine (C=N–C) groups is 1. The molecule has 0 atom stereocenters. The molecule has 3 rings (SSSR count). The van der Waals surface area contributed by atoms with Crippen molar-refractivity contribution in [2.45, 2.75) is 0 Å². The highest BCUT2D eigenvalue weighted by Gasteiger charge is 2.17. The molecule has 0 unspecified atom stereocenters. The third kappa shape index (κ3) is 2.37. The Kier molecular flexibility index (Phi) is 3.27. The fourth-order valence-corrected chi connectivity index (χ4v) is 2.41. The summed E-state index contributed by atoms with van der Waals surface area (Å²) in [7, 11) is 0. The predicted octanol–water partition coefficient (Wildman–Crippen LogP) is 3.33. The molecule has 2 aromatic rings. The van der Waals surface area contributed by atoms with Crippen LogP contribution < -0.4 is 5.32 Å². The van der Waals surface area contributed by atoms with E-state index in [4.69, 9.17) is 23.8 Å². The lowest BCUT2D eigenvalue weighted by molar-refractivity contribution is 1.31. The Hall–Kier alpha value is -1.78. The van der Waals surface area contributed by atoms with Crippen LogP contribution in [-0.2, 0) is 0 Å². The molecule has 0 spiro atoms. The predicted molar refractivity (Wildman–Crippen MR) is 82.4 cm³/mol. The zero-order valence-corrected chi connectivity index (χ0v) is 11.5. The molecule has 1 aromatic heterocycles. The largest absolute Gasteiger partial charge is 0.347 e. The van der Waals surface area contributed by atoms with E-state index in [9.17, 15) is 0 Å². The third-order valence-electron chi connectivity index (χ3n) is 2.86. The van der Waals surface area contributed by atoms with E-state index >= 15 is 0 Å². The van der Waals surface area contributed by atoms with E-state index in [2.05, 4.69) is 15.3 Å². The van der Waals surface area contributed by atoms with Gasteiger partial charge in [-0.05, 0) is 12.1 Å². The number of fused-ring (bicyclic) bond motifs is 1. The first kappa shape index (κ1) is 12.3. The molecular weight excluding hydrogens is 278 g/mol. The van der Waals surface area contributed by atoms with Crippen LogP contribution in [0.4, 0.5) is 5.69 Å². The summed E-state index contributed by atoms with van der Waals surface area (Å²) in [6.07, 6.45) is 3.49. The van der Waals surface area contributed by atoms with Gasteiger partial charge in [0.05, 0.1) is 24.1 Å². The molecule has 0 saturated heterocycles. The summed E-state index contributed by atoms with van der Waals surface area (Å²) < 4.78 is 0. The molecule has 1 N–H and O–H groups in total. The maximum Gasteiger partial charge on any atom is 0.102 e. The maximum absolute atomic E-state index is 6.26. The molecular formula is C14H10ClN3S. The summed E-state index contributed by atoms with van der Waals surface area (Å²) in [4.78, 5) is 9.37. The highest BCUT2D eigenvalue weighted by molar-refractivity contribution is 7.80. The van der Waals surface area contributed by atoms with Gasteiger partial charge in [0.1, 0.15) is 4.99 Å². The average molecular weight is 288 g/mol. The SMILES string of the molecule is S=C1CN=C(c2ccccc2Cl)c2ccncc2N1. The van der Waals surface area contributed by atoms with E-state index in [1.165, 1.54) is 0 Å². The Bertz CT molecular complexity index is 682. The molecule has 0 fully saturated rings. The minimum Gasteiger partial charge on any atom is -0.347 e. The number of rotatable bonds is 1. The second-order valence-electron chi connectivity index (χ2n) is 4.11. The quantitative estimate of drug-likeness (QED) is 0.818. The molecule has 0 aliphatic carbocycles. The molecule has 0 bridgehead atoms. The Morgan fingerprint density at radius 1 is 1.16 bits per heavy atom. The Labute approximate surface area is 121 Å². The number of nitrogens with one attached hydrogen (secondary N) is 1. The van der Waals surface area contributed by atoms with Crippen LogP contribution in [0.5, 0.6) is 0 Å². The van der Waals surface area contributed by atoms with E-state index < -0.39 is 0 Å². The van der Waals surface area contributed by atoms with Crippen molar-refractivity contribution in [3.63, 3.8) is 0 Å². The number of benzene rings is 1. The molecule has 3 nitrogen and oxygen atoms in total. The van der Waals surface area contributed by atoms with E-state index in [0.29, 0.717) is 16.6 Å². The van der Waals surface area contributed by atoms with Crippen LogP contribution >= 0.6 is 23.8 Å². The van der Waals surface area contributed by atoms with E-state index in [1.54, 1.807) is 12.4 Å². The number of aromatic nitrogens is 1. The van der Waals surface area contributed by atoms with E-state index in [-0.39, 0.29) is 0 Å². The lowest BCUT2D eigenvalue weighted by atomic mass is 10.0. The number of nitrogens with zero attached hydrogens (tertiary/aromatic N) is 2. The normalized spacial score (nSPS) is 14.2. The molecule has 0 amide bonds. The zero-order valence-electron chi connectivity index (χ0n) is 9.93. The summed E-state index contributed by atoms with van der Waals surface area (Å²) >= 11 is 11.5. The van der Waals surface area contributed by atoms with Crippen molar-refractivity contribution in [2.24, 2.45) is 4.99 Å². The fourth-order valence-electron chi connectivity index (χ4n) is 2.01. The van der Waals surface area contributed by atoms with Crippen LogP contribution in [0, 0.1) is 0 Å². The van der Waals surface area contributed by atoms with Crippen LogP contribution in [0.1, 0.15) is 11.1 Å². The standard InChI is InChI=1S/C14H10ClN3S/c15-11-4-2-1-3-9(11)14-10-5-6-16-7-12(10)18-13(19)8-17-14/h1-7H,8H2,(H,18,19). The number of hydrogen-bond donors (Lipinski definition) is 1. The Morgan fingerprint density at radius 2 is 2.00 bits per heavy atom. The summed E-state index contributed by atoms with van der Waals surface area (Å²) in [5, 5.41) is 3.83. The van der Waals surface area contributed by atoms with Gasteiger partial charge in [0.2, 0.25) is 0 Å². The highest BCUT2D eigenvalue weighted by Crippen LogP contribution is 2.25.